The molecular weight excluding hydrogens is 350 g/mol. The van der Waals surface area contributed by atoms with Gasteiger partial charge in [-0.3, -0.25) is 4.90 Å². The van der Waals surface area contributed by atoms with Gasteiger partial charge in [0, 0.05) is 46.3 Å². The van der Waals surface area contributed by atoms with Crippen LogP contribution < -0.4 is 0 Å². The van der Waals surface area contributed by atoms with E-state index in [2.05, 4.69) is 4.90 Å². The zero-order valence-corrected chi connectivity index (χ0v) is 14.9. The number of nitrogens with zero attached hydrogens (tertiary/aromatic N) is 3. The Morgan fingerprint density at radius 2 is 1.92 bits per heavy atom. The maximum atomic E-state index is 13.8. The Morgan fingerprint density at radius 3 is 2.54 bits per heavy atom. The first kappa shape index (κ1) is 18.9. The molecule has 3 aliphatic heterocycles. The Morgan fingerprint density at radius 1 is 1.19 bits per heavy atom. The lowest BCUT2D eigenvalue weighted by atomic mass is 9.94. The summed E-state index contributed by atoms with van der Waals surface area (Å²) in [4.78, 5) is 17.9. The van der Waals surface area contributed by atoms with E-state index in [4.69, 9.17) is 0 Å². The monoisotopic (exact) mass is 373 g/mol. The molecule has 1 aromatic carbocycles. The largest absolute Gasteiger partial charge is 0.419 e. The lowest BCUT2D eigenvalue weighted by molar-refractivity contribution is -0.140. The minimum Gasteiger partial charge on any atom is -0.331 e. The Labute approximate surface area is 150 Å². The van der Waals surface area contributed by atoms with Crippen molar-refractivity contribution in [2.24, 2.45) is 5.92 Å². The van der Waals surface area contributed by atoms with Gasteiger partial charge in [-0.2, -0.15) is 13.2 Å². The first-order valence-electron chi connectivity index (χ1n) is 8.71. The first-order chi connectivity index (χ1) is 12.1. The molecule has 1 aromatic rings. The van der Waals surface area contributed by atoms with Gasteiger partial charge in [0.15, 0.2) is 0 Å². The van der Waals surface area contributed by atoms with Crippen LogP contribution in [0.4, 0.5) is 22.4 Å². The fourth-order valence-electron chi connectivity index (χ4n) is 3.93. The van der Waals surface area contributed by atoms with Gasteiger partial charge in [0.25, 0.3) is 0 Å². The number of hydrogen-bond donors (Lipinski definition) is 0. The van der Waals surface area contributed by atoms with Gasteiger partial charge in [-0.1, -0.05) is 6.07 Å². The van der Waals surface area contributed by atoms with Crippen LogP contribution in [0.25, 0.3) is 0 Å². The van der Waals surface area contributed by atoms with E-state index in [-0.39, 0.29) is 12.1 Å². The summed E-state index contributed by atoms with van der Waals surface area (Å²) in [6.07, 6.45) is -2.72. The highest BCUT2D eigenvalue weighted by Crippen LogP contribution is 2.33. The van der Waals surface area contributed by atoms with Crippen molar-refractivity contribution in [2.45, 2.75) is 31.6 Å². The van der Waals surface area contributed by atoms with E-state index in [1.54, 1.807) is 19.0 Å². The van der Waals surface area contributed by atoms with Crippen LogP contribution in [0, 0.1) is 11.7 Å². The minimum atomic E-state index is -4.68. The zero-order valence-electron chi connectivity index (χ0n) is 14.9. The van der Waals surface area contributed by atoms with Gasteiger partial charge >= 0.3 is 12.2 Å². The van der Waals surface area contributed by atoms with Crippen molar-refractivity contribution in [1.29, 1.82) is 0 Å². The highest BCUT2D eigenvalue weighted by molar-refractivity contribution is 5.74. The molecule has 0 aliphatic carbocycles. The van der Waals surface area contributed by atoms with Crippen LogP contribution in [0.15, 0.2) is 18.2 Å². The van der Waals surface area contributed by atoms with Crippen LogP contribution in [0.3, 0.4) is 0 Å². The summed E-state index contributed by atoms with van der Waals surface area (Å²) in [5.41, 5.74) is -0.713. The molecule has 26 heavy (non-hydrogen) atoms. The first-order valence-corrected chi connectivity index (χ1v) is 8.71. The third kappa shape index (κ3) is 3.95. The van der Waals surface area contributed by atoms with Crippen molar-refractivity contribution in [3.05, 3.63) is 35.1 Å². The van der Waals surface area contributed by atoms with Gasteiger partial charge in [-0.15, -0.1) is 0 Å². The molecule has 4 nitrogen and oxygen atoms in total. The molecule has 2 bridgehead atoms. The minimum absolute atomic E-state index is 0.0238. The lowest BCUT2D eigenvalue weighted by Gasteiger charge is -2.36. The Kier molecular flexibility index (Phi) is 5.14. The SMILES string of the molecule is CN(C)C(=O)N1C[C@H]2CC[C@@H](C1)N(Cc1ccc(C(F)(F)F)c(F)c1)C2. The maximum absolute atomic E-state index is 13.8. The van der Waals surface area contributed by atoms with Crippen LogP contribution in [-0.2, 0) is 12.7 Å². The van der Waals surface area contributed by atoms with Crippen molar-refractivity contribution in [3.8, 4) is 0 Å². The summed E-state index contributed by atoms with van der Waals surface area (Å²) < 4.78 is 51.9. The van der Waals surface area contributed by atoms with Crippen LogP contribution in [-0.4, -0.2) is 60.5 Å². The predicted octanol–water partition coefficient (Wildman–Crippen LogP) is 3.42. The second-order valence-corrected chi connectivity index (χ2v) is 7.42. The molecule has 3 heterocycles. The van der Waals surface area contributed by atoms with Gasteiger partial charge in [0.2, 0.25) is 0 Å². The number of urea groups is 1. The third-order valence-electron chi connectivity index (χ3n) is 5.20. The molecule has 3 fully saturated rings. The average molecular weight is 373 g/mol. The molecule has 0 radical (unpaired) electrons. The molecule has 4 rings (SSSR count). The van der Waals surface area contributed by atoms with Gasteiger partial charge in [-0.25, -0.2) is 9.18 Å². The highest BCUT2D eigenvalue weighted by Gasteiger charge is 2.37. The smallest absolute Gasteiger partial charge is 0.331 e. The zero-order chi connectivity index (χ0) is 19.1. The van der Waals surface area contributed by atoms with E-state index < -0.39 is 17.6 Å². The second kappa shape index (κ2) is 7.06. The van der Waals surface area contributed by atoms with E-state index in [9.17, 15) is 22.4 Å². The van der Waals surface area contributed by atoms with Crippen LogP contribution in [0.1, 0.15) is 24.0 Å². The molecule has 3 aliphatic rings. The fraction of sp³-hybridized carbons (Fsp3) is 0.611. The number of halogens is 4. The standard InChI is InChI=1S/C18H23F4N3O/c1-23(2)17(26)25-10-13-3-5-14(11-25)24(9-13)8-12-4-6-15(16(19)7-12)18(20,21)22/h4,6-7,13-14H,3,5,8-11H2,1-2H3/t13-,14-/m0/s1. The number of alkyl halides is 3. The summed E-state index contributed by atoms with van der Waals surface area (Å²) in [7, 11) is 3.44. The second-order valence-electron chi connectivity index (χ2n) is 7.42. The molecule has 0 N–H and O–H groups in total. The summed E-state index contributed by atoms with van der Waals surface area (Å²) in [6.45, 7) is 2.44. The maximum Gasteiger partial charge on any atom is 0.419 e. The lowest BCUT2D eigenvalue weighted by Crippen LogP contribution is -2.45. The number of piperidine rings is 1. The van der Waals surface area contributed by atoms with Crippen LogP contribution in [0.5, 0.6) is 0 Å². The number of hydrogen-bond acceptors (Lipinski definition) is 2. The van der Waals surface area contributed by atoms with Crippen LogP contribution in [0.2, 0.25) is 0 Å². The van der Waals surface area contributed by atoms with Crippen LogP contribution >= 0.6 is 0 Å². The fourth-order valence-corrected chi connectivity index (χ4v) is 3.93. The molecule has 0 aromatic heterocycles. The molecule has 2 amide bonds. The topological polar surface area (TPSA) is 26.8 Å². The van der Waals surface area contributed by atoms with Gasteiger partial charge < -0.3 is 9.80 Å². The number of benzene rings is 1. The quantitative estimate of drug-likeness (QED) is 0.743. The number of carbonyl (C=O) groups excluding carboxylic acids is 1. The van der Waals surface area contributed by atoms with Crippen molar-refractivity contribution in [2.75, 3.05) is 33.7 Å². The number of rotatable bonds is 2. The average Bonchev–Trinajstić information content (AvgIpc) is 2.84. The molecule has 0 unspecified atom stereocenters. The number of amides is 2. The molecular formula is C18H23F4N3O. The number of fused-ring (bicyclic) bond motifs is 4. The predicted molar refractivity (Wildman–Crippen MR) is 89.0 cm³/mol. The van der Waals surface area contributed by atoms with E-state index >= 15 is 0 Å². The normalized spacial score (nSPS) is 23.8. The molecule has 0 spiro atoms. The summed E-state index contributed by atoms with van der Waals surface area (Å²) in [6, 6.07) is 3.24. The summed E-state index contributed by atoms with van der Waals surface area (Å²) in [5.74, 6) is -0.906. The molecule has 8 heteroatoms. The Hall–Kier alpha value is -1.83. The van der Waals surface area contributed by atoms with E-state index in [1.165, 1.54) is 6.07 Å². The molecule has 3 saturated heterocycles. The molecule has 144 valence electrons. The van der Waals surface area contributed by atoms with Gasteiger partial charge in [0.05, 0.1) is 5.56 Å². The summed E-state index contributed by atoms with van der Waals surface area (Å²) >= 11 is 0. The molecule has 0 saturated carbocycles. The van der Waals surface area contributed by atoms with E-state index in [0.29, 0.717) is 31.1 Å². The summed E-state index contributed by atoms with van der Waals surface area (Å²) in [5, 5.41) is 0. The Balaban J connectivity index is 1.73. The van der Waals surface area contributed by atoms with Crippen molar-refractivity contribution >= 4 is 6.03 Å². The molecule has 2 atom stereocenters. The third-order valence-corrected chi connectivity index (χ3v) is 5.20. The highest BCUT2D eigenvalue weighted by atomic mass is 19.4. The van der Waals surface area contributed by atoms with Gasteiger partial charge in [0.1, 0.15) is 5.82 Å². The van der Waals surface area contributed by atoms with Crippen molar-refractivity contribution < 1.29 is 22.4 Å². The van der Waals surface area contributed by atoms with Gasteiger partial charge in [-0.05, 0) is 36.5 Å². The van der Waals surface area contributed by atoms with Crippen molar-refractivity contribution in [1.82, 2.24) is 14.7 Å². The number of carbonyl (C=O) groups is 1. The van der Waals surface area contributed by atoms with E-state index in [0.717, 1.165) is 31.5 Å². The van der Waals surface area contributed by atoms with E-state index in [1.807, 2.05) is 4.90 Å². The van der Waals surface area contributed by atoms with Crippen molar-refractivity contribution in [3.63, 3.8) is 0 Å². The Bertz CT molecular complexity index is 677.